The van der Waals surface area contributed by atoms with Gasteiger partial charge in [0.15, 0.2) is 0 Å². The number of nitrogens with one attached hydrogen (secondary N) is 1. The minimum absolute atomic E-state index is 0.118. The number of aryl methyl sites for hydroxylation is 1. The van der Waals surface area contributed by atoms with Gasteiger partial charge in [-0.1, -0.05) is 26.0 Å². The van der Waals surface area contributed by atoms with Crippen molar-refractivity contribution in [2.45, 2.75) is 20.8 Å². The smallest absolute Gasteiger partial charge is 0.337 e. The van der Waals surface area contributed by atoms with Crippen LogP contribution in [0.2, 0.25) is 0 Å². The Morgan fingerprint density at radius 3 is 2.11 bits per heavy atom. The molecule has 2 N–H and O–H groups in total. The minimum atomic E-state index is -1.04. The van der Waals surface area contributed by atoms with Gasteiger partial charge in [0.1, 0.15) is 0 Å². The quantitative estimate of drug-likeness (QED) is 0.828. The SMILES string of the molecule is Cc1cccc(N2CCN(c3ccc(NC(=O)C(C)C)c(C(=O)O)c3)CC2)c1. The summed E-state index contributed by atoms with van der Waals surface area (Å²) in [6, 6.07) is 13.7. The van der Waals surface area contributed by atoms with E-state index in [1.54, 1.807) is 26.0 Å². The number of rotatable bonds is 5. The average molecular weight is 381 g/mol. The lowest BCUT2D eigenvalue weighted by molar-refractivity contribution is -0.118. The largest absolute Gasteiger partial charge is 0.478 e. The van der Waals surface area contributed by atoms with Crippen molar-refractivity contribution >= 4 is 28.9 Å². The maximum absolute atomic E-state index is 11.9. The lowest BCUT2D eigenvalue weighted by atomic mass is 10.1. The van der Waals surface area contributed by atoms with Gasteiger partial charge < -0.3 is 20.2 Å². The molecule has 6 nitrogen and oxygen atoms in total. The van der Waals surface area contributed by atoms with Crippen LogP contribution in [-0.4, -0.2) is 43.2 Å². The molecule has 2 aromatic carbocycles. The highest BCUT2D eigenvalue weighted by atomic mass is 16.4. The van der Waals surface area contributed by atoms with E-state index in [1.807, 2.05) is 6.07 Å². The van der Waals surface area contributed by atoms with E-state index in [0.29, 0.717) is 5.69 Å². The number of piperazine rings is 1. The fourth-order valence-electron chi connectivity index (χ4n) is 3.34. The number of aromatic carboxylic acids is 1. The number of amides is 1. The molecular weight excluding hydrogens is 354 g/mol. The number of carboxylic acid groups (broad SMARTS) is 1. The predicted octanol–water partition coefficient (Wildman–Crippen LogP) is 3.61. The first-order valence-electron chi connectivity index (χ1n) is 9.60. The number of carboxylic acids is 1. The molecule has 0 saturated carbocycles. The summed E-state index contributed by atoms with van der Waals surface area (Å²) in [5, 5.41) is 12.3. The average Bonchev–Trinajstić information content (AvgIpc) is 2.68. The zero-order chi connectivity index (χ0) is 20.3. The Morgan fingerprint density at radius 2 is 1.57 bits per heavy atom. The van der Waals surface area contributed by atoms with Crippen LogP contribution >= 0.6 is 0 Å². The van der Waals surface area contributed by atoms with Gasteiger partial charge >= 0.3 is 5.97 Å². The number of anilines is 3. The normalized spacial score (nSPS) is 14.3. The predicted molar refractivity (Wildman–Crippen MR) is 112 cm³/mol. The summed E-state index contributed by atoms with van der Waals surface area (Å²) >= 11 is 0. The van der Waals surface area contributed by atoms with Crippen molar-refractivity contribution in [3.8, 4) is 0 Å². The van der Waals surface area contributed by atoms with Gasteiger partial charge in [0.2, 0.25) is 5.91 Å². The zero-order valence-electron chi connectivity index (χ0n) is 16.6. The Morgan fingerprint density at radius 1 is 0.964 bits per heavy atom. The Hall–Kier alpha value is -3.02. The lowest BCUT2D eigenvalue weighted by Crippen LogP contribution is -2.46. The number of nitrogens with zero attached hydrogens (tertiary/aromatic N) is 2. The van der Waals surface area contributed by atoms with E-state index < -0.39 is 5.97 Å². The first-order valence-corrected chi connectivity index (χ1v) is 9.60. The Kier molecular flexibility index (Phi) is 5.87. The monoisotopic (exact) mass is 381 g/mol. The maximum Gasteiger partial charge on any atom is 0.337 e. The van der Waals surface area contributed by atoms with E-state index in [9.17, 15) is 14.7 Å². The molecule has 0 spiro atoms. The van der Waals surface area contributed by atoms with Crippen LogP contribution in [0.25, 0.3) is 0 Å². The molecule has 0 unspecified atom stereocenters. The van der Waals surface area contributed by atoms with Gasteiger partial charge in [-0.2, -0.15) is 0 Å². The fourth-order valence-corrected chi connectivity index (χ4v) is 3.34. The van der Waals surface area contributed by atoms with Crippen LogP contribution in [0.1, 0.15) is 29.8 Å². The van der Waals surface area contributed by atoms with Crippen LogP contribution in [0.15, 0.2) is 42.5 Å². The van der Waals surface area contributed by atoms with Crippen molar-refractivity contribution in [1.82, 2.24) is 0 Å². The number of hydrogen-bond donors (Lipinski definition) is 2. The van der Waals surface area contributed by atoms with Crippen molar-refractivity contribution < 1.29 is 14.7 Å². The van der Waals surface area contributed by atoms with Crippen molar-refractivity contribution in [3.05, 3.63) is 53.6 Å². The summed E-state index contributed by atoms with van der Waals surface area (Å²) in [5.74, 6) is -1.45. The van der Waals surface area contributed by atoms with E-state index in [-0.39, 0.29) is 17.4 Å². The molecular formula is C22H27N3O3. The van der Waals surface area contributed by atoms with Crippen LogP contribution < -0.4 is 15.1 Å². The standard InChI is InChI=1S/C22H27N3O3/c1-15(2)21(26)23-20-8-7-18(14-19(20)22(27)28)25-11-9-24(10-12-25)17-6-4-5-16(3)13-17/h4-8,13-15H,9-12H2,1-3H3,(H,23,26)(H,27,28). The second-order valence-electron chi connectivity index (χ2n) is 7.49. The summed E-state index contributed by atoms with van der Waals surface area (Å²) in [5.41, 5.74) is 3.78. The number of carbonyl (C=O) groups excluding carboxylic acids is 1. The van der Waals surface area contributed by atoms with E-state index >= 15 is 0 Å². The molecule has 2 aromatic rings. The van der Waals surface area contributed by atoms with Gasteiger partial charge in [-0.05, 0) is 42.8 Å². The molecule has 1 saturated heterocycles. The van der Waals surface area contributed by atoms with Crippen molar-refractivity contribution in [2.24, 2.45) is 5.92 Å². The summed E-state index contributed by atoms with van der Waals surface area (Å²) in [6.45, 7) is 9.01. The number of benzene rings is 2. The van der Waals surface area contributed by atoms with Crippen LogP contribution in [0.3, 0.4) is 0 Å². The van der Waals surface area contributed by atoms with Gasteiger partial charge in [-0.3, -0.25) is 4.79 Å². The Labute approximate surface area is 165 Å². The first kappa shape index (κ1) is 19.7. The van der Waals surface area contributed by atoms with E-state index in [1.165, 1.54) is 11.3 Å². The second-order valence-corrected chi connectivity index (χ2v) is 7.49. The lowest BCUT2D eigenvalue weighted by Gasteiger charge is -2.37. The highest BCUT2D eigenvalue weighted by Gasteiger charge is 2.21. The van der Waals surface area contributed by atoms with E-state index in [0.717, 1.165) is 31.9 Å². The summed E-state index contributed by atoms with van der Waals surface area (Å²) < 4.78 is 0. The van der Waals surface area contributed by atoms with Gasteiger partial charge in [-0.15, -0.1) is 0 Å². The third-order valence-corrected chi connectivity index (χ3v) is 5.03. The Balaban J connectivity index is 1.73. The molecule has 28 heavy (non-hydrogen) atoms. The first-order chi connectivity index (χ1) is 13.3. The van der Waals surface area contributed by atoms with Gasteiger partial charge in [-0.25, -0.2) is 4.79 Å². The number of hydrogen-bond acceptors (Lipinski definition) is 4. The zero-order valence-corrected chi connectivity index (χ0v) is 16.6. The molecule has 0 aliphatic carbocycles. The summed E-state index contributed by atoms with van der Waals surface area (Å²) in [6.07, 6.45) is 0. The van der Waals surface area contributed by atoms with Gasteiger partial charge in [0.05, 0.1) is 11.3 Å². The Bertz CT molecular complexity index is 871. The molecule has 1 heterocycles. The molecule has 148 valence electrons. The van der Waals surface area contributed by atoms with Crippen LogP contribution in [0.4, 0.5) is 17.1 Å². The van der Waals surface area contributed by atoms with E-state index in [2.05, 4.69) is 46.3 Å². The molecule has 0 aromatic heterocycles. The molecule has 1 fully saturated rings. The maximum atomic E-state index is 11.9. The molecule has 0 radical (unpaired) electrons. The van der Waals surface area contributed by atoms with Crippen LogP contribution in [0, 0.1) is 12.8 Å². The van der Waals surface area contributed by atoms with Gasteiger partial charge in [0, 0.05) is 43.5 Å². The molecule has 6 heteroatoms. The van der Waals surface area contributed by atoms with E-state index in [4.69, 9.17) is 0 Å². The summed E-state index contributed by atoms with van der Waals surface area (Å²) in [7, 11) is 0. The molecule has 1 amide bonds. The third kappa shape index (κ3) is 4.44. The summed E-state index contributed by atoms with van der Waals surface area (Å²) in [4.78, 5) is 28.2. The van der Waals surface area contributed by atoms with Crippen LogP contribution in [-0.2, 0) is 4.79 Å². The topological polar surface area (TPSA) is 72.9 Å². The van der Waals surface area contributed by atoms with Crippen LogP contribution in [0.5, 0.6) is 0 Å². The molecule has 1 aliphatic rings. The molecule has 1 aliphatic heterocycles. The third-order valence-electron chi connectivity index (χ3n) is 5.03. The van der Waals surface area contributed by atoms with Crippen molar-refractivity contribution in [3.63, 3.8) is 0 Å². The van der Waals surface area contributed by atoms with Gasteiger partial charge in [0.25, 0.3) is 0 Å². The molecule has 3 rings (SSSR count). The fraction of sp³-hybridized carbons (Fsp3) is 0.364. The highest BCUT2D eigenvalue weighted by molar-refractivity contribution is 6.01. The van der Waals surface area contributed by atoms with Crippen molar-refractivity contribution in [2.75, 3.05) is 41.3 Å². The highest BCUT2D eigenvalue weighted by Crippen LogP contribution is 2.26. The number of carbonyl (C=O) groups is 2. The van der Waals surface area contributed by atoms with Crippen molar-refractivity contribution in [1.29, 1.82) is 0 Å². The minimum Gasteiger partial charge on any atom is -0.478 e. The molecule has 0 bridgehead atoms. The second kappa shape index (κ2) is 8.33. The molecule has 0 atom stereocenters.